The summed E-state index contributed by atoms with van der Waals surface area (Å²) in [6.07, 6.45) is 1.79. The summed E-state index contributed by atoms with van der Waals surface area (Å²) in [5, 5.41) is 1.04. The normalized spacial score (nSPS) is 10.8. The number of rotatable bonds is 5. The van der Waals surface area contributed by atoms with Crippen LogP contribution in [0.3, 0.4) is 0 Å². The average molecular weight is 461 g/mol. The first kappa shape index (κ1) is 21.7. The molecule has 0 N–H and O–H groups in total. The van der Waals surface area contributed by atoms with Gasteiger partial charge in [0.15, 0.2) is 5.65 Å². The van der Waals surface area contributed by atoms with E-state index in [1.165, 1.54) is 27.8 Å². The van der Waals surface area contributed by atoms with Gasteiger partial charge in [0.25, 0.3) is 0 Å². The smallest absolute Gasteiger partial charge is 0.159 e. The highest BCUT2D eigenvalue weighted by Gasteiger charge is 2.16. The quantitative estimate of drug-likeness (QED) is 0.242. The fraction of sp³-hybridized carbons (Fsp3) is 0. The first-order valence-electron chi connectivity index (χ1n) is 12.1. The van der Waals surface area contributed by atoms with Crippen molar-refractivity contribution >= 4 is 22.2 Å². The van der Waals surface area contributed by atoms with E-state index in [0.29, 0.717) is 0 Å². The maximum absolute atomic E-state index is 4.79. The Morgan fingerprint density at radius 1 is 0.417 bits per heavy atom. The lowest BCUT2D eigenvalue weighted by Crippen LogP contribution is -1.97. The van der Waals surface area contributed by atoms with Crippen LogP contribution < -0.4 is 0 Å². The molecule has 6 aromatic rings. The second-order valence-electron chi connectivity index (χ2n) is 8.67. The first-order valence-corrected chi connectivity index (χ1v) is 12.1. The van der Waals surface area contributed by atoms with Gasteiger partial charge in [-0.2, -0.15) is 0 Å². The van der Waals surface area contributed by atoms with Crippen LogP contribution in [-0.4, -0.2) is 9.97 Å². The van der Waals surface area contributed by atoms with Crippen molar-refractivity contribution in [2.45, 2.75) is 0 Å². The van der Waals surface area contributed by atoms with Crippen LogP contribution in [-0.2, 0) is 0 Å². The Morgan fingerprint density at radius 2 is 0.917 bits per heavy atom. The second kappa shape index (κ2) is 9.81. The third-order valence-electron chi connectivity index (χ3n) is 6.37. The van der Waals surface area contributed by atoms with E-state index in [4.69, 9.17) is 4.98 Å². The molecule has 2 heterocycles. The lowest BCUT2D eigenvalue weighted by atomic mass is 9.85. The molecule has 170 valence electrons. The molecule has 0 aliphatic rings. The van der Waals surface area contributed by atoms with Crippen molar-refractivity contribution in [1.29, 1.82) is 0 Å². The number of pyridine rings is 2. The van der Waals surface area contributed by atoms with Gasteiger partial charge in [0.2, 0.25) is 0 Å². The predicted molar refractivity (Wildman–Crippen MR) is 149 cm³/mol. The van der Waals surface area contributed by atoms with Crippen LogP contribution in [0.1, 0.15) is 22.3 Å². The maximum Gasteiger partial charge on any atom is 0.159 e. The van der Waals surface area contributed by atoms with Gasteiger partial charge in [0.05, 0.1) is 5.69 Å². The summed E-state index contributed by atoms with van der Waals surface area (Å²) in [5.41, 5.74) is 9.88. The molecular formula is C34H24N2. The third kappa shape index (κ3) is 4.33. The molecule has 0 spiro atoms. The van der Waals surface area contributed by atoms with Gasteiger partial charge in [-0.3, -0.25) is 0 Å². The van der Waals surface area contributed by atoms with E-state index in [2.05, 4.69) is 132 Å². The van der Waals surface area contributed by atoms with E-state index in [1.54, 1.807) is 6.20 Å². The molecule has 0 saturated carbocycles. The van der Waals surface area contributed by atoms with Crippen molar-refractivity contribution in [3.8, 4) is 11.3 Å². The zero-order chi connectivity index (χ0) is 24.2. The summed E-state index contributed by atoms with van der Waals surface area (Å²) < 4.78 is 0. The molecular weight excluding hydrogens is 436 g/mol. The fourth-order valence-electron chi connectivity index (χ4n) is 4.65. The summed E-state index contributed by atoms with van der Waals surface area (Å²) in [6.45, 7) is 0. The Hall–Kier alpha value is -4.82. The van der Waals surface area contributed by atoms with Crippen LogP contribution in [0, 0.1) is 0 Å². The molecule has 4 aromatic carbocycles. The fourth-order valence-corrected chi connectivity index (χ4v) is 4.65. The minimum atomic E-state index is 0.763. The van der Waals surface area contributed by atoms with E-state index >= 15 is 0 Å². The summed E-state index contributed by atoms with van der Waals surface area (Å²) in [6, 6.07) is 48.7. The van der Waals surface area contributed by atoms with Crippen molar-refractivity contribution in [3.63, 3.8) is 0 Å². The standard InChI is InChI=1S/C34H24N2/c1-4-11-26(12-5-1)32(27-13-6-2-7-14-27)33(28-15-8-3-9-16-28)29-20-18-25(19-21-29)31-23-22-30-17-10-24-35-34(30)36-31/h1-24H. The van der Waals surface area contributed by atoms with Crippen LogP contribution in [0.15, 0.2) is 146 Å². The molecule has 0 unspecified atom stereocenters. The molecule has 2 nitrogen and oxygen atoms in total. The minimum absolute atomic E-state index is 0.763. The highest BCUT2D eigenvalue weighted by atomic mass is 14.8. The second-order valence-corrected chi connectivity index (χ2v) is 8.67. The van der Waals surface area contributed by atoms with E-state index in [-0.39, 0.29) is 0 Å². The lowest BCUT2D eigenvalue weighted by Gasteiger charge is -2.18. The van der Waals surface area contributed by atoms with Crippen LogP contribution >= 0.6 is 0 Å². The topological polar surface area (TPSA) is 25.8 Å². The summed E-state index contributed by atoms with van der Waals surface area (Å²) in [4.78, 5) is 9.21. The molecule has 36 heavy (non-hydrogen) atoms. The van der Waals surface area contributed by atoms with E-state index < -0.39 is 0 Å². The SMILES string of the molecule is c1ccc(C(=C(c2ccccc2)c2ccc(-c3ccc4cccnc4n3)cc2)c2ccccc2)cc1. The Kier molecular flexibility index (Phi) is 5.91. The van der Waals surface area contributed by atoms with Crippen molar-refractivity contribution < 1.29 is 0 Å². The maximum atomic E-state index is 4.79. The highest BCUT2D eigenvalue weighted by Crippen LogP contribution is 2.37. The summed E-state index contributed by atoms with van der Waals surface area (Å²) >= 11 is 0. The molecule has 0 aliphatic heterocycles. The zero-order valence-corrected chi connectivity index (χ0v) is 19.8. The number of hydrogen-bond donors (Lipinski definition) is 0. The molecule has 0 saturated heterocycles. The molecule has 0 atom stereocenters. The third-order valence-corrected chi connectivity index (χ3v) is 6.37. The molecule has 0 fully saturated rings. The molecule has 0 radical (unpaired) electrons. The number of fused-ring (bicyclic) bond motifs is 1. The molecule has 2 aromatic heterocycles. The van der Waals surface area contributed by atoms with Gasteiger partial charge < -0.3 is 0 Å². The minimum Gasteiger partial charge on any atom is -0.237 e. The lowest BCUT2D eigenvalue weighted by molar-refractivity contribution is 1.29. The first-order chi connectivity index (χ1) is 17.9. The van der Waals surface area contributed by atoms with Crippen molar-refractivity contribution in [2.24, 2.45) is 0 Å². The van der Waals surface area contributed by atoms with Crippen LogP contribution in [0.25, 0.3) is 33.4 Å². The Labute approximate surface area is 211 Å². The Bertz CT molecular complexity index is 1600. The van der Waals surface area contributed by atoms with Crippen molar-refractivity contribution in [1.82, 2.24) is 9.97 Å². The molecule has 0 aliphatic carbocycles. The molecule has 0 amide bonds. The van der Waals surface area contributed by atoms with Gasteiger partial charge in [0.1, 0.15) is 0 Å². The van der Waals surface area contributed by atoms with Gasteiger partial charge in [0, 0.05) is 17.1 Å². The predicted octanol–water partition coefficient (Wildman–Crippen LogP) is 8.30. The zero-order valence-electron chi connectivity index (χ0n) is 19.8. The summed E-state index contributed by atoms with van der Waals surface area (Å²) in [7, 11) is 0. The van der Waals surface area contributed by atoms with Gasteiger partial charge >= 0.3 is 0 Å². The monoisotopic (exact) mass is 460 g/mol. The van der Waals surface area contributed by atoms with Crippen molar-refractivity contribution in [2.75, 3.05) is 0 Å². The number of aromatic nitrogens is 2. The van der Waals surface area contributed by atoms with Crippen LogP contribution in [0.2, 0.25) is 0 Å². The number of hydrogen-bond acceptors (Lipinski definition) is 2. The Morgan fingerprint density at radius 3 is 1.44 bits per heavy atom. The molecule has 2 heteroatoms. The van der Waals surface area contributed by atoms with Gasteiger partial charge in [-0.25, -0.2) is 9.97 Å². The summed E-state index contributed by atoms with van der Waals surface area (Å²) in [5.74, 6) is 0. The Balaban J connectivity index is 1.54. The molecule has 6 rings (SSSR count). The van der Waals surface area contributed by atoms with E-state index in [0.717, 1.165) is 27.9 Å². The van der Waals surface area contributed by atoms with Gasteiger partial charge in [-0.15, -0.1) is 0 Å². The van der Waals surface area contributed by atoms with Gasteiger partial charge in [-0.05, 0) is 57.7 Å². The van der Waals surface area contributed by atoms with Crippen molar-refractivity contribution in [3.05, 3.63) is 168 Å². The number of nitrogens with zero attached hydrogens (tertiary/aromatic N) is 2. The molecule has 0 bridgehead atoms. The largest absolute Gasteiger partial charge is 0.237 e. The average Bonchev–Trinajstić information content (AvgIpc) is 2.97. The highest BCUT2D eigenvalue weighted by molar-refractivity contribution is 6.04. The van der Waals surface area contributed by atoms with Crippen LogP contribution in [0.5, 0.6) is 0 Å². The van der Waals surface area contributed by atoms with E-state index in [9.17, 15) is 0 Å². The number of benzene rings is 4. The van der Waals surface area contributed by atoms with Crippen LogP contribution in [0.4, 0.5) is 0 Å². The van der Waals surface area contributed by atoms with E-state index in [1.807, 2.05) is 12.1 Å². The van der Waals surface area contributed by atoms with Gasteiger partial charge in [-0.1, -0.05) is 115 Å².